The molecule has 0 aliphatic carbocycles. The molecule has 18 heavy (non-hydrogen) atoms. The van der Waals surface area contributed by atoms with E-state index < -0.39 is 10.0 Å². The lowest BCUT2D eigenvalue weighted by Crippen LogP contribution is -2.32. The van der Waals surface area contributed by atoms with Gasteiger partial charge in [0, 0.05) is 19.6 Å². The molecule has 0 aromatic heterocycles. The molecule has 0 aliphatic rings. The molecule has 1 aromatic carbocycles. The Bertz CT molecular complexity index is 508. The van der Waals surface area contributed by atoms with E-state index in [1.54, 1.807) is 6.07 Å². The topological polar surface area (TPSA) is 49.4 Å². The Balaban J connectivity index is 2.44. The minimum Gasteiger partial charge on any atom is -0.301 e. The van der Waals surface area contributed by atoms with Gasteiger partial charge in [-0.3, -0.25) is 0 Å². The fourth-order valence-electron chi connectivity index (χ4n) is 1.45. The van der Waals surface area contributed by atoms with Crippen molar-refractivity contribution in [3.8, 4) is 0 Å². The van der Waals surface area contributed by atoms with Crippen molar-refractivity contribution in [3.05, 3.63) is 34.1 Å². The van der Waals surface area contributed by atoms with E-state index >= 15 is 0 Å². The van der Waals surface area contributed by atoms with E-state index in [9.17, 15) is 12.8 Å². The second kappa shape index (κ2) is 6.60. The van der Waals surface area contributed by atoms with Gasteiger partial charge in [0.05, 0.1) is 10.7 Å². The first kappa shape index (κ1) is 15.6. The first-order chi connectivity index (χ1) is 8.28. The molecule has 0 fully saturated rings. The van der Waals surface area contributed by atoms with E-state index in [4.69, 9.17) is 0 Å². The molecule has 0 saturated carbocycles. The highest BCUT2D eigenvalue weighted by Crippen LogP contribution is 2.17. The van der Waals surface area contributed by atoms with Gasteiger partial charge in [-0.25, -0.2) is 17.5 Å². The average molecular weight is 339 g/mol. The lowest BCUT2D eigenvalue weighted by molar-refractivity contribution is 0.331. The van der Waals surface area contributed by atoms with Crippen molar-refractivity contribution in [2.24, 2.45) is 0 Å². The van der Waals surface area contributed by atoms with Crippen LogP contribution in [0.3, 0.4) is 0 Å². The van der Waals surface area contributed by atoms with Crippen LogP contribution >= 0.6 is 15.9 Å². The minimum absolute atomic E-state index is 0.296. The van der Waals surface area contributed by atoms with Gasteiger partial charge >= 0.3 is 0 Å². The van der Waals surface area contributed by atoms with Crippen LogP contribution in [0.2, 0.25) is 0 Å². The first-order valence-corrected chi connectivity index (χ1v) is 8.03. The Morgan fingerprint density at radius 3 is 2.67 bits per heavy atom. The van der Waals surface area contributed by atoms with E-state index in [-0.39, 0.29) is 5.82 Å². The van der Waals surface area contributed by atoms with Crippen LogP contribution in [-0.2, 0) is 16.6 Å². The van der Waals surface area contributed by atoms with Gasteiger partial charge in [-0.05, 0) is 40.7 Å². The fraction of sp³-hybridized carbons (Fsp3) is 0.455. The Morgan fingerprint density at radius 2 is 2.11 bits per heavy atom. The number of benzene rings is 1. The van der Waals surface area contributed by atoms with Crippen LogP contribution in [-0.4, -0.2) is 39.7 Å². The molecule has 0 saturated heterocycles. The average Bonchev–Trinajstić information content (AvgIpc) is 2.21. The van der Waals surface area contributed by atoms with Crippen molar-refractivity contribution >= 4 is 26.0 Å². The molecule has 0 radical (unpaired) electrons. The number of rotatable bonds is 6. The highest BCUT2D eigenvalue weighted by molar-refractivity contribution is 9.10. The van der Waals surface area contributed by atoms with Crippen molar-refractivity contribution in [1.29, 1.82) is 0 Å². The molecule has 0 spiro atoms. The first-order valence-electron chi connectivity index (χ1n) is 5.35. The highest BCUT2D eigenvalue weighted by atomic mass is 79.9. The quantitative estimate of drug-likeness (QED) is 0.856. The van der Waals surface area contributed by atoms with Crippen LogP contribution in [0.15, 0.2) is 22.7 Å². The second-order valence-electron chi connectivity index (χ2n) is 4.15. The second-order valence-corrected chi connectivity index (χ2v) is 6.84. The van der Waals surface area contributed by atoms with Crippen LogP contribution in [0.5, 0.6) is 0 Å². The highest BCUT2D eigenvalue weighted by Gasteiger charge is 2.05. The zero-order chi connectivity index (χ0) is 13.8. The molecular formula is C11H16BrFN2O2S. The third kappa shape index (κ3) is 5.90. The summed E-state index contributed by atoms with van der Waals surface area (Å²) in [6, 6.07) is 4.95. The molecule has 0 heterocycles. The molecule has 0 amide bonds. The maximum absolute atomic E-state index is 13.3. The Hall–Kier alpha value is -0.500. The molecular weight excluding hydrogens is 323 g/mol. The number of halogens is 2. The third-order valence-electron chi connectivity index (χ3n) is 2.29. The van der Waals surface area contributed by atoms with Crippen molar-refractivity contribution in [3.63, 3.8) is 0 Å². The molecule has 4 nitrogen and oxygen atoms in total. The number of nitrogens with zero attached hydrogens (tertiary/aromatic N) is 1. The number of hydrogen-bond donors (Lipinski definition) is 1. The summed E-state index contributed by atoms with van der Waals surface area (Å²) in [5.74, 6) is -0.296. The van der Waals surface area contributed by atoms with Crippen molar-refractivity contribution in [2.45, 2.75) is 6.54 Å². The smallest absolute Gasteiger partial charge is 0.208 e. The number of hydrogen-bond acceptors (Lipinski definition) is 3. The molecule has 0 unspecified atom stereocenters. The lowest BCUT2D eigenvalue weighted by Gasteiger charge is -2.16. The van der Waals surface area contributed by atoms with Crippen molar-refractivity contribution < 1.29 is 12.8 Å². The Labute approximate surface area is 115 Å². The van der Waals surface area contributed by atoms with Gasteiger partial charge in [0.1, 0.15) is 5.82 Å². The largest absolute Gasteiger partial charge is 0.301 e. The summed E-state index contributed by atoms with van der Waals surface area (Å²) in [6.07, 6.45) is 1.12. The molecule has 102 valence electrons. The summed E-state index contributed by atoms with van der Waals surface area (Å²) in [5.41, 5.74) is 0.845. The van der Waals surface area contributed by atoms with Crippen LogP contribution in [0.1, 0.15) is 5.56 Å². The van der Waals surface area contributed by atoms with Gasteiger partial charge in [-0.2, -0.15) is 0 Å². The van der Waals surface area contributed by atoms with E-state index in [1.807, 2.05) is 18.0 Å². The van der Waals surface area contributed by atoms with Crippen LogP contribution in [0.4, 0.5) is 4.39 Å². The van der Waals surface area contributed by atoms with E-state index in [2.05, 4.69) is 20.7 Å². The monoisotopic (exact) mass is 338 g/mol. The van der Waals surface area contributed by atoms with Crippen LogP contribution < -0.4 is 4.72 Å². The molecule has 1 N–H and O–H groups in total. The SMILES string of the molecule is CN(CCNS(C)(=O)=O)Cc1ccc(Br)c(F)c1. The Kier molecular flexibility index (Phi) is 5.71. The van der Waals surface area contributed by atoms with Gasteiger partial charge in [0.2, 0.25) is 10.0 Å². The standard InChI is InChI=1S/C11H16BrFN2O2S/c1-15(6-5-14-18(2,16)17)8-9-3-4-10(12)11(13)7-9/h3-4,7,14H,5-6,8H2,1-2H3. The summed E-state index contributed by atoms with van der Waals surface area (Å²) < 4.78 is 37.9. The predicted molar refractivity (Wildman–Crippen MR) is 73.3 cm³/mol. The molecule has 1 aromatic rings. The van der Waals surface area contributed by atoms with E-state index in [0.717, 1.165) is 11.8 Å². The van der Waals surface area contributed by atoms with Crippen LogP contribution in [0.25, 0.3) is 0 Å². The van der Waals surface area contributed by atoms with E-state index in [1.165, 1.54) is 6.07 Å². The number of likely N-dealkylation sites (N-methyl/N-ethyl adjacent to an activating group) is 1. The zero-order valence-corrected chi connectivity index (χ0v) is 12.7. The van der Waals surface area contributed by atoms with Gasteiger partial charge in [-0.15, -0.1) is 0 Å². The van der Waals surface area contributed by atoms with Gasteiger partial charge in [0.15, 0.2) is 0 Å². The fourth-order valence-corrected chi connectivity index (χ4v) is 2.16. The normalized spacial score (nSPS) is 12.1. The van der Waals surface area contributed by atoms with Gasteiger partial charge in [0.25, 0.3) is 0 Å². The van der Waals surface area contributed by atoms with Crippen molar-refractivity contribution in [1.82, 2.24) is 9.62 Å². The molecule has 7 heteroatoms. The zero-order valence-electron chi connectivity index (χ0n) is 10.3. The van der Waals surface area contributed by atoms with Gasteiger partial charge < -0.3 is 4.90 Å². The lowest BCUT2D eigenvalue weighted by atomic mass is 10.2. The number of nitrogens with one attached hydrogen (secondary N) is 1. The maximum Gasteiger partial charge on any atom is 0.208 e. The number of sulfonamides is 1. The summed E-state index contributed by atoms with van der Waals surface area (Å²) in [7, 11) is -1.30. The third-order valence-corrected chi connectivity index (χ3v) is 3.67. The Morgan fingerprint density at radius 1 is 1.44 bits per heavy atom. The summed E-state index contributed by atoms with van der Waals surface area (Å²) >= 11 is 3.09. The summed E-state index contributed by atoms with van der Waals surface area (Å²) in [6.45, 7) is 1.47. The predicted octanol–water partition coefficient (Wildman–Crippen LogP) is 1.57. The maximum atomic E-state index is 13.3. The molecule has 0 bridgehead atoms. The minimum atomic E-state index is -3.15. The van der Waals surface area contributed by atoms with E-state index in [0.29, 0.717) is 24.1 Å². The van der Waals surface area contributed by atoms with Crippen molar-refractivity contribution in [2.75, 3.05) is 26.4 Å². The summed E-state index contributed by atoms with van der Waals surface area (Å²) in [4.78, 5) is 1.92. The van der Waals surface area contributed by atoms with Crippen LogP contribution in [0, 0.1) is 5.82 Å². The van der Waals surface area contributed by atoms with Gasteiger partial charge in [-0.1, -0.05) is 6.07 Å². The molecule has 1 rings (SSSR count). The summed E-state index contributed by atoms with van der Waals surface area (Å²) in [5, 5.41) is 0. The molecule has 0 atom stereocenters. The molecule has 0 aliphatic heterocycles.